The Bertz CT molecular complexity index is 328. The second kappa shape index (κ2) is 4.55. The number of halogens is 1. The molecule has 0 saturated heterocycles. The van der Waals surface area contributed by atoms with Crippen LogP contribution in [0.15, 0.2) is 18.2 Å². The maximum atomic E-state index is 12.6. The third-order valence-corrected chi connectivity index (χ3v) is 1.63. The van der Waals surface area contributed by atoms with E-state index in [1.54, 1.807) is 20.2 Å². The maximum absolute atomic E-state index is 12.6. The molecule has 0 atom stereocenters. The van der Waals surface area contributed by atoms with E-state index in [0.29, 0.717) is 5.82 Å². The molecule has 0 aliphatic heterocycles. The zero-order valence-electron chi connectivity index (χ0n) is 8.12. The van der Waals surface area contributed by atoms with E-state index in [0.717, 1.165) is 0 Å². The second-order valence-corrected chi connectivity index (χ2v) is 2.99. The van der Waals surface area contributed by atoms with Crippen molar-refractivity contribution in [1.29, 1.82) is 0 Å². The summed E-state index contributed by atoms with van der Waals surface area (Å²) in [6.45, 7) is 0.115. The van der Waals surface area contributed by atoms with Crippen LogP contribution in [0.2, 0.25) is 0 Å². The lowest BCUT2D eigenvalue weighted by atomic mass is 10.4. The minimum absolute atomic E-state index is 0.0870. The van der Waals surface area contributed by atoms with E-state index >= 15 is 0 Å². The van der Waals surface area contributed by atoms with Crippen LogP contribution in [0.4, 0.5) is 10.2 Å². The average molecular weight is 197 g/mol. The van der Waals surface area contributed by atoms with Gasteiger partial charge in [0.05, 0.1) is 6.54 Å². The molecule has 4 nitrogen and oxygen atoms in total. The highest BCUT2D eigenvalue weighted by molar-refractivity contribution is 5.79. The quantitative estimate of drug-likeness (QED) is 0.726. The van der Waals surface area contributed by atoms with Crippen molar-refractivity contribution in [2.75, 3.05) is 26.0 Å². The van der Waals surface area contributed by atoms with Crippen LogP contribution in [-0.2, 0) is 4.79 Å². The summed E-state index contributed by atoms with van der Waals surface area (Å²) < 4.78 is 12.6. The standard InChI is InChI=1S/C9H12FN3O/c1-13(2)9(14)6-11-8-5-3-4-7(10)12-8/h3-5H,6H2,1-2H3,(H,11,12). The lowest BCUT2D eigenvalue weighted by Gasteiger charge is -2.10. The minimum atomic E-state index is -0.563. The number of nitrogens with zero attached hydrogens (tertiary/aromatic N) is 2. The molecule has 0 aliphatic carbocycles. The number of rotatable bonds is 3. The Morgan fingerprint density at radius 3 is 2.86 bits per heavy atom. The van der Waals surface area contributed by atoms with Gasteiger partial charge < -0.3 is 10.2 Å². The number of amides is 1. The molecule has 0 aliphatic rings. The van der Waals surface area contributed by atoms with Gasteiger partial charge >= 0.3 is 0 Å². The zero-order valence-corrected chi connectivity index (χ0v) is 8.12. The van der Waals surface area contributed by atoms with Gasteiger partial charge in [-0.2, -0.15) is 4.39 Å². The number of aromatic nitrogens is 1. The number of nitrogens with one attached hydrogen (secondary N) is 1. The van der Waals surface area contributed by atoms with Gasteiger partial charge in [-0.3, -0.25) is 4.79 Å². The van der Waals surface area contributed by atoms with Crippen LogP contribution in [0.25, 0.3) is 0 Å². The molecule has 0 bridgehead atoms. The first-order chi connectivity index (χ1) is 6.59. The molecular formula is C9H12FN3O. The fourth-order valence-corrected chi connectivity index (χ4v) is 0.831. The summed E-state index contributed by atoms with van der Waals surface area (Å²) >= 11 is 0. The van der Waals surface area contributed by atoms with Crippen molar-refractivity contribution in [2.24, 2.45) is 0 Å². The van der Waals surface area contributed by atoms with Crippen molar-refractivity contribution in [3.63, 3.8) is 0 Å². The third-order valence-electron chi connectivity index (χ3n) is 1.63. The highest BCUT2D eigenvalue weighted by Gasteiger charge is 2.03. The summed E-state index contributed by atoms with van der Waals surface area (Å²) in [6, 6.07) is 4.38. The first-order valence-electron chi connectivity index (χ1n) is 4.16. The van der Waals surface area contributed by atoms with Gasteiger partial charge in [-0.25, -0.2) is 4.98 Å². The second-order valence-electron chi connectivity index (χ2n) is 2.99. The third kappa shape index (κ3) is 3.01. The zero-order chi connectivity index (χ0) is 10.6. The van der Waals surface area contributed by atoms with Gasteiger partial charge in [0.25, 0.3) is 0 Å². The molecule has 0 spiro atoms. The summed E-state index contributed by atoms with van der Waals surface area (Å²) in [5.74, 6) is -0.288. The summed E-state index contributed by atoms with van der Waals surface area (Å²) in [5.41, 5.74) is 0. The van der Waals surface area contributed by atoms with Crippen molar-refractivity contribution in [1.82, 2.24) is 9.88 Å². The molecule has 1 amide bonds. The van der Waals surface area contributed by atoms with E-state index in [4.69, 9.17) is 0 Å². The lowest BCUT2D eigenvalue weighted by molar-refractivity contribution is -0.126. The van der Waals surface area contributed by atoms with E-state index < -0.39 is 5.95 Å². The van der Waals surface area contributed by atoms with E-state index in [2.05, 4.69) is 10.3 Å². The molecular weight excluding hydrogens is 185 g/mol. The van der Waals surface area contributed by atoms with Crippen molar-refractivity contribution in [3.05, 3.63) is 24.1 Å². The summed E-state index contributed by atoms with van der Waals surface area (Å²) in [5, 5.41) is 2.72. The van der Waals surface area contributed by atoms with Crippen molar-refractivity contribution >= 4 is 11.7 Å². The van der Waals surface area contributed by atoms with Crippen molar-refractivity contribution in [3.8, 4) is 0 Å². The van der Waals surface area contributed by atoms with Gasteiger partial charge in [-0.05, 0) is 12.1 Å². The Morgan fingerprint density at radius 1 is 1.57 bits per heavy atom. The number of hydrogen-bond donors (Lipinski definition) is 1. The van der Waals surface area contributed by atoms with Gasteiger partial charge in [0, 0.05) is 14.1 Å². The molecule has 76 valence electrons. The molecule has 1 N–H and O–H groups in total. The molecule has 1 aromatic rings. The fraction of sp³-hybridized carbons (Fsp3) is 0.333. The first kappa shape index (κ1) is 10.4. The smallest absolute Gasteiger partial charge is 0.241 e. The Kier molecular flexibility index (Phi) is 3.39. The molecule has 0 saturated carbocycles. The molecule has 1 rings (SSSR count). The van der Waals surface area contributed by atoms with E-state index in [1.807, 2.05) is 0 Å². The number of carbonyl (C=O) groups excluding carboxylic acids is 1. The van der Waals surface area contributed by atoms with Crippen LogP contribution in [-0.4, -0.2) is 36.4 Å². The fourth-order valence-electron chi connectivity index (χ4n) is 0.831. The van der Waals surface area contributed by atoms with Crippen LogP contribution in [0.3, 0.4) is 0 Å². The van der Waals surface area contributed by atoms with Gasteiger partial charge in [0.1, 0.15) is 5.82 Å². The molecule has 0 fully saturated rings. The molecule has 1 heterocycles. The molecule has 0 unspecified atom stereocenters. The molecule has 14 heavy (non-hydrogen) atoms. The summed E-state index contributed by atoms with van der Waals surface area (Å²) in [4.78, 5) is 16.1. The number of hydrogen-bond acceptors (Lipinski definition) is 3. The Hall–Kier alpha value is -1.65. The normalized spacial score (nSPS) is 9.64. The monoisotopic (exact) mass is 197 g/mol. The largest absolute Gasteiger partial charge is 0.361 e. The van der Waals surface area contributed by atoms with Crippen LogP contribution >= 0.6 is 0 Å². The minimum Gasteiger partial charge on any atom is -0.361 e. The maximum Gasteiger partial charge on any atom is 0.241 e. The van der Waals surface area contributed by atoms with Gasteiger partial charge in [-0.15, -0.1) is 0 Å². The van der Waals surface area contributed by atoms with Crippen LogP contribution in [0.5, 0.6) is 0 Å². The van der Waals surface area contributed by atoms with Gasteiger partial charge in [0.2, 0.25) is 11.9 Å². The number of pyridine rings is 1. The van der Waals surface area contributed by atoms with E-state index in [-0.39, 0.29) is 12.5 Å². The van der Waals surface area contributed by atoms with Crippen molar-refractivity contribution in [2.45, 2.75) is 0 Å². The van der Waals surface area contributed by atoms with Crippen LogP contribution in [0, 0.1) is 5.95 Å². The van der Waals surface area contributed by atoms with Crippen molar-refractivity contribution < 1.29 is 9.18 Å². The predicted molar refractivity (Wildman–Crippen MR) is 51.4 cm³/mol. The van der Waals surface area contributed by atoms with Gasteiger partial charge in [0.15, 0.2) is 0 Å². The number of carbonyl (C=O) groups is 1. The summed E-state index contributed by atoms with van der Waals surface area (Å²) in [6.07, 6.45) is 0. The number of anilines is 1. The first-order valence-corrected chi connectivity index (χ1v) is 4.16. The number of likely N-dealkylation sites (N-methyl/N-ethyl adjacent to an activating group) is 1. The van der Waals surface area contributed by atoms with Crippen LogP contribution in [0.1, 0.15) is 0 Å². The molecule has 1 aromatic heterocycles. The predicted octanol–water partition coefficient (Wildman–Crippen LogP) is 0.721. The van der Waals surface area contributed by atoms with E-state index in [9.17, 15) is 9.18 Å². The van der Waals surface area contributed by atoms with Gasteiger partial charge in [-0.1, -0.05) is 6.07 Å². The van der Waals surface area contributed by atoms with E-state index in [1.165, 1.54) is 17.0 Å². The Balaban J connectivity index is 2.50. The Labute approximate surface area is 81.7 Å². The molecule has 0 aromatic carbocycles. The summed E-state index contributed by atoms with van der Waals surface area (Å²) in [7, 11) is 3.31. The van der Waals surface area contributed by atoms with Crippen LogP contribution < -0.4 is 5.32 Å². The SMILES string of the molecule is CN(C)C(=O)CNc1cccc(F)n1. The molecule has 0 radical (unpaired) electrons. The topological polar surface area (TPSA) is 45.2 Å². The Morgan fingerprint density at radius 2 is 2.29 bits per heavy atom. The lowest BCUT2D eigenvalue weighted by Crippen LogP contribution is -2.28. The highest BCUT2D eigenvalue weighted by atomic mass is 19.1. The molecule has 5 heteroatoms. The highest BCUT2D eigenvalue weighted by Crippen LogP contribution is 2.02. The average Bonchev–Trinajstić information content (AvgIpc) is 2.14.